The summed E-state index contributed by atoms with van der Waals surface area (Å²) in [7, 11) is 0. The molecule has 1 unspecified atom stereocenters. The Labute approximate surface area is 121 Å². The summed E-state index contributed by atoms with van der Waals surface area (Å²) in [6, 6.07) is 5.30. The number of oxime groups is 1. The van der Waals surface area contributed by atoms with Gasteiger partial charge in [-0.05, 0) is 18.6 Å². The SMILES string of the molecule is CCCCOC(=O)C1CC(C(=O)c2cccc(F)c2)=NO1. The minimum absolute atomic E-state index is 0.0420. The van der Waals surface area contributed by atoms with Crippen molar-refractivity contribution in [2.24, 2.45) is 5.16 Å². The van der Waals surface area contributed by atoms with E-state index in [9.17, 15) is 14.0 Å². The molecule has 0 fully saturated rings. The fourth-order valence-corrected chi connectivity index (χ4v) is 1.84. The Morgan fingerprint density at radius 1 is 1.48 bits per heavy atom. The third-order valence-electron chi connectivity index (χ3n) is 3.02. The van der Waals surface area contributed by atoms with Crippen molar-refractivity contribution in [1.29, 1.82) is 0 Å². The van der Waals surface area contributed by atoms with Crippen molar-refractivity contribution in [3.63, 3.8) is 0 Å². The van der Waals surface area contributed by atoms with E-state index in [1.807, 2.05) is 6.92 Å². The number of ether oxygens (including phenoxy) is 1. The molecular formula is C15H16FNO4. The van der Waals surface area contributed by atoms with E-state index in [-0.39, 0.29) is 17.7 Å². The molecule has 0 radical (unpaired) electrons. The quantitative estimate of drug-likeness (QED) is 0.459. The van der Waals surface area contributed by atoms with Crippen LogP contribution >= 0.6 is 0 Å². The first kappa shape index (κ1) is 15.2. The number of esters is 1. The summed E-state index contributed by atoms with van der Waals surface area (Å²) in [5.41, 5.74) is 0.274. The molecule has 1 aliphatic heterocycles. The van der Waals surface area contributed by atoms with Gasteiger partial charge in [0.15, 0.2) is 0 Å². The second kappa shape index (κ2) is 6.97. The molecule has 6 heteroatoms. The van der Waals surface area contributed by atoms with Crippen molar-refractivity contribution >= 4 is 17.5 Å². The van der Waals surface area contributed by atoms with Gasteiger partial charge in [0.25, 0.3) is 0 Å². The Hall–Kier alpha value is -2.24. The second-order valence-electron chi connectivity index (χ2n) is 4.70. The predicted octanol–water partition coefficient (Wildman–Crippen LogP) is 2.50. The molecule has 1 aliphatic rings. The van der Waals surface area contributed by atoms with E-state index in [0.717, 1.165) is 18.9 Å². The molecule has 21 heavy (non-hydrogen) atoms. The molecule has 1 atom stereocenters. The zero-order valence-corrected chi connectivity index (χ0v) is 11.7. The van der Waals surface area contributed by atoms with Gasteiger partial charge in [-0.2, -0.15) is 0 Å². The summed E-state index contributed by atoms with van der Waals surface area (Å²) in [6.07, 6.45) is 0.835. The molecule has 112 valence electrons. The van der Waals surface area contributed by atoms with Crippen LogP contribution in [0.1, 0.15) is 36.5 Å². The van der Waals surface area contributed by atoms with Gasteiger partial charge in [0.2, 0.25) is 11.9 Å². The lowest BCUT2D eigenvalue weighted by Gasteiger charge is -2.07. The highest BCUT2D eigenvalue weighted by atomic mass is 19.1. The highest BCUT2D eigenvalue weighted by molar-refractivity contribution is 6.46. The normalized spacial score (nSPS) is 17.0. The van der Waals surface area contributed by atoms with Crippen molar-refractivity contribution in [2.75, 3.05) is 6.61 Å². The van der Waals surface area contributed by atoms with Crippen LogP contribution in [0.25, 0.3) is 0 Å². The monoisotopic (exact) mass is 293 g/mol. The van der Waals surface area contributed by atoms with Crippen molar-refractivity contribution in [2.45, 2.75) is 32.3 Å². The van der Waals surface area contributed by atoms with E-state index in [4.69, 9.17) is 9.57 Å². The number of nitrogens with zero attached hydrogens (tertiary/aromatic N) is 1. The number of rotatable bonds is 6. The maximum atomic E-state index is 13.1. The number of hydrogen-bond donors (Lipinski definition) is 0. The van der Waals surface area contributed by atoms with Gasteiger partial charge < -0.3 is 9.57 Å². The standard InChI is InChI=1S/C15H16FNO4/c1-2-3-7-20-15(19)13-9-12(17-21-13)14(18)10-5-4-6-11(16)8-10/h4-6,8,13H,2-3,7,9H2,1H3. The number of carbonyl (C=O) groups excluding carboxylic acids is 2. The van der Waals surface area contributed by atoms with E-state index >= 15 is 0 Å². The molecule has 0 spiro atoms. The number of carbonyl (C=O) groups is 2. The zero-order chi connectivity index (χ0) is 15.2. The van der Waals surface area contributed by atoms with Crippen LogP contribution in [-0.2, 0) is 14.4 Å². The minimum atomic E-state index is -0.894. The predicted molar refractivity (Wildman–Crippen MR) is 73.5 cm³/mol. The van der Waals surface area contributed by atoms with Crippen LogP contribution in [0.15, 0.2) is 29.4 Å². The minimum Gasteiger partial charge on any atom is -0.463 e. The Morgan fingerprint density at radius 2 is 2.29 bits per heavy atom. The summed E-state index contributed by atoms with van der Waals surface area (Å²) in [4.78, 5) is 28.7. The van der Waals surface area contributed by atoms with Crippen molar-refractivity contribution in [3.8, 4) is 0 Å². The molecule has 1 aromatic rings. The van der Waals surface area contributed by atoms with Crippen molar-refractivity contribution in [3.05, 3.63) is 35.6 Å². The first-order valence-electron chi connectivity index (χ1n) is 6.81. The third-order valence-corrected chi connectivity index (χ3v) is 3.02. The molecule has 5 nitrogen and oxygen atoms in total. The highest BCUT2D eigenvalue weighted by Crippen LogP contribution is 2.16. The lowest BCUT2D eigenvalue weighted by Crippen LogP contribution is -2.25. The summed E-state index contributed by atoms with van der Waals surface area (Å²) in [6.45, 7) is 2.31. The number of Topliss-reactive ketones (excluding diaryl/α,β-unsaturated/α-hetero) is 1. The van der Waals surface area contributed by atoms with Gasteiger partial charge in [0.05, 0.1) is 6.61 Å². The lowest BCUT2D eigenvalue weighted by molar-refractivity contribution is -0.155. The van der Waals surface area contributed by atoms with Crippen LogP contribution in [0.5, 0.6) is 0 Å². The fourth-order valence-electron chi connectivity index (χ4n) is 1.84. The molecule has 0 aliphatic carbocycles. The van der Waals surface area contributed by atoms with Gasteiger partial charge in [-0.3, -0.25) is 4.79 Å². The molecule has 2 rings (SSSR count). The Kier molecular flexibility index (Phi) is 5.03. The maximum absolute atomic E-state index is 13.1. The Bertz CT molecular complexity index is 571. The summed E-state index contributed by atoms with van der Waals surface area (Å²) in [5.74, 6) is -1.48. The molecule has 0 aromatic heterocycles. The molecule has 0 saturated heterocycles. The van der Waals surface area contributed by atoms with Crippen LogP contribution in [0.4, 0.5) is 4.39 Å². The van der Waals surface area contributed by atoms with E-state index in [0.29, 0.717) is 6.61 Å². The highest BCUT2D eigenvalue weighted by Gasteiger charge is 2.33. The van der Waals surface area contributed by atoms with Gasteiger partial charge >= 0.3 is 5.97 Å². The van der Waals surface area contributed by atoms with Gasteiger partial charge in [0, 0.05) is 12.0 Å². The topological polar surface area (TPSA) is 65.0 Å². The van der Waals surface area contributed by atoms with Gasteiger partial charge in [0.1, 0.15) is 11.5 Å². The molecule has 1 heterocycles. The Morgan fingerprint density at radius 3 is 3.00 bits per heavy atom. The first-order valence-corrected chi connectivity index (χ1v) is 6.81. The number of unbranched alkanes of at least 4 members (excludes halogenated alkanes) is 1. The molecular weight excluding hydrogens is 277 g/mol. The van der Waals surface area contributed by atoms with Crippen LogP contribution < -0.4 is 0 Å². The van der Waals surface area contributed by atoms with Crippen molar-refractivity contribution in [1.82, 2.24) is 0 Å². The molecule has 0 N–H and O–H groups in total. The van der Waals surface area contributed by atoms with Crippen LogP contribution in [0.3, 0.4) is 0 Å². The second-order valence-corrected chi connectivity index (χ2v) is 4.70. The maximum Gasteiger partial charge on any atom is 0.350 e. The third kappa shape index (κ3) is 3.87. The van der Waals surface area contributed by atoms with Gasteiger partial charge in [-0.25, -0.2) is 9.18 Å². The van der Waals surface area contributed by atoms with Gasteiger partial charge in [-0.1, -0.05) is 30.6 Å². The molecule has 1 aromatic carbocycles. The average molecular weight is 293 g/mol. The molecule has 0 amide bonds. The fraction of sp³-hybridized carbons (Fsp3) is 0.400. The number of ketones is 1. The lowest BCUT2D eigenvalue weighted by atomic mass is 10.0. The van der Waals surface area contributed by atoms with Crippen LogP contribution in [0.2, 0.25) is 0 Å². The molecule has 0 bridgehead atoms. The Balaban J connectivity index is 1.92. The van der Waals surface area contributed by atoms with E-state index < -0.39 is 23.7 Å². The van der Waals surface area contributed by atoms with Crippen LogP contribution in [-0.4, -0.2) is 30.2 Å². The number of hydrogen-bond acceptors (Lipinski definition) is 5. The average Bonchev–Trinajstić information content (AvgIpc) is 2.96. The summed E-state index contributed by atoms with van der Waals surface area (Å²) >= 11 is 0. The van der Waals surface area contributed by atoms with E-state index in [1.54, 1.807) is 0 Å². The first-order chi connectivity index (χ1) is 10.1. The summed E-state index contributed by atoms with van der Waals surface area (Å²) in [5, 5.41) is 3.62. The number of halogens is 1. The van der Waals surface area contributed by atoms with Crippen molar-refractivity contribution < 1.29 is 23.6 Å². The largest absolute Gasteiger partial charge is 0.463 e. The number of benzene rings is 1. The smallest absolute Gasteiger partial charge is 0.350 e. The van der Waals surface area contributed by atoms with E-state index in [1.165, 1.54) is 18.2 Å². The molecule has 0 saturated carbocycles. The summed E-state index contributed by atoms with van der Waals surface area (Å²) < 4.78 is 18.1. The zero-order valence-electron chi connectivity index (χ0n) is 11.7. The van der Waals surface area contributed by atoms with Gasteiger partial charge in [-0.15, -0.1) is 0 Å². The van der Waals surface area contributed by atoms with Crippen LogP contribution in [0, 0.1) is 5.82 Å². The van der Waals surface area contributed by atoms with E-state index in [2.05, 4.69) is 5.16 Å².